The number of cyclic esters (lactones) is 1. The molecule has 11 atom stereocenters. The van der Waals surface area contributed by atoms with Crippen LogP contribution in [-0.4, -0.2) is 156 Å². The van der Waals surface area contributed by atoms with Crippen molar-refractivity contribution in [3.8, 4) is 0 Å². The molecule has 0 aromatic heterocycles. The zero-order valence-corrected chi connectivity index (χ0v) is 33.3. The fourth-order valence-corrected chi connectivity index (χ4v) is 7.12. The van der Waals surface area contributed by atoms with E-state index in [2.05, 4.69) is 36.0 Å². The van der Waals surface area contributed by atoms with Gasteiger partial charge in [0.15, 0.2) is 0 Å². The number of carboxylic acid groups (broad SMARTS) is 1. The maximum atomic E-state index is 12.9. The van der Waals surface area contributed by atoms with Crippen LogP contribution in [-0.2, 0) is 33.3 Å². The third kappa shape index (κ3) is 15.2. The van der Waals surface area contributed by atoms with E-state index >= 15 is 0 Å². The summed E-state index contributed by atoms with van der Waals surface area (Å²) in [5.41, 5.74) is -2.02. The topological polar surface area (TPSA) is 191 Å². The lowest BCUT2D eigenvalue weighted by Gasteiger charge is -2.34. The van der Waals surface area contributed by atoms with E-state index in [0.29, 0.717) is 12.1 Å². The molecule has 0 bridgehead atoms. The van der Waals surface area contributed by atoms with Crippen LogP contribution in [0.15, 0.2) is 36.0 Å². The molecular weight excluding hydrogens is 686 g/mol. The Balaban J connectivity index is 0.00000313. The Bertz CT molecular complexity index is 1230. The van der Waals surface area contributed by atoms with Gasteiger partial charge in [0, 0.05) is 65.1 Å². The van der Waals surface area contributed by atoms with E-state index in [4.69, 9.17) is 28.8 Å². The highest BCUT2D eigenvalue weighted by Crippen LogP contribution is 2.39. The average Bonchev–Trinajstić information content (AvgIpc) is 3.87. The van der Waals surface area contributed by atoms with Crippen molar-refractivity contribution in [2.24, 2.45) is 11.8 Å². The lowest BCUT2D eigenvalue weighted by molar-refractivity contribution is -0.157. The fraction of sp³-hybridized carbons (Fsp3) is 0.769. The summed E-state index contributed by atoms with van der Waals surface area (Å²) in [4.78, 5) is 37.8. The summed E-state index contributed by atoms with van der Waals surface area (Å²) in [6.45, 7) is 18.0. The van der Waals surface area contributed by atoms with Crippen LogP contribution in [0, 0.1) is 11.8 Å². The number of aliphatic hydroxyl groups excluding tert-OH is 1. The van der Waals surface area contributed by atoms with Crippen LogP contribution in [0.4, 0.5) is 0 Å². The number of carbonyl (C=O) groups is 3. The van der Waals surface area contributed by atoms with Crippen LogP contribution in [0.2, 0.25) is 0 Å². The first-order valence-corrected chi connectivity index (χ1v) is 18.8. The minimum absolute atomic E-state index is 0.0478. The smallest absolute Gasteiger partial charge is 0.309 e. The van der Waals surface area contributed by atoms with E-state index in [1.807, 2.05) is 19.9 Å². The largest absolute Gasteiger partial charge is 0.483 e. The number of hydrogen-bond donors (Lipinski definition) is 5. The monoisotopic (exact) mass is 753 g/mol. The molecule has 14 heteroatoms. The molecule has 0 amide bonds. The van der Waals surface area contributed by atoms with Gasteiger partial charge in [-0.1, -0.05) is 45.1 Å². The fourth-order valence-electron chi connectivity index (χ4n) is 7.12. The van der Waals surface area contributed by atoms with Gasteiger partial charge in [-0.2, -0.15) is 0 Å². The van der Waals surface area contributed by atoms with Crippen molar-refractivity contribution in [2.45, 2.75) is 128 Å². The average molecular weight is 754 g/mol. The number of ether oxygens (including phenoxy) is 4. The molecule has 2 saturated heterocycles. The standard InChI is InChI=1S/C38H65N3O9.CH2O2/c1-10-30(47-9)27(4)34-35(50-34)36(39-18-19-41-22-20-40(8)21-23-41)38(7,46)16-11-12-25(2)33-26(3)13-14-31(48-28(5)42)37(6,45)17-15-29(43)24-32(44)49-33;2-1-3/h11-14,16,26-27,29-31,33-36,39,43,45-46H,10,15,17-24H2,1-9H3;1H,(H,2,3)/b14-13+,16-11+,25-12+;/t26-,27+,29+,30-,31-,33-,34+,35-,36?,37+,38?;/m0./s1. The van der Waals surface area contributed by atoms with E-state index in [1.165, 1.54) is 6.92 Å². The maximum absolute atomic E-state index is 12.9. The van der Waals surface area contributed by atoms with Gasteiger partial charge in [-0.15, -0.1) is 0 Å². The zero-order chi connectivity index (χ0) is 39.9. The van der Waals surface area contributed by atoms with E-state index in [9.17, 15) is 24.9 Å². The molecule has 0 aliphatic carbocycles. The second-order valence-electron chi connectivity index (χ2n) is 15.2. The number of hydrogen-bond acceptors (Lipinski definition) is 13. The van der Waals surface area contributed by atoms with Crippen molar-refractivity contribution in [1.29, 1.82) is 0 Å². The number of aliphatic hydroxyl groups is 3. The number of allylic oxidation sites excluding steroid dienone is 2. The number of likely N-dealkylation sites (N-methyl/N-ethyl adjacent to an activating group) is 1. The minimum atomic E-state index is -1.45. The van der Waals surface area contributed by atoms with E-state index in [0.717, 1.165) is 39.1 Å². The first-order chi connectivity index (χ1) is 24.9. The molecule has 0 aromatic carbocycles. The number of esters is 2. The summed E-state index contributed by atoms with van der Waals surface area (Å²) < 4.78 is 23.2. The summed E-state index contributed by atoms with van der Waals surface area (Å²) >= 11 is 0. The highest BCUT2D eigenvalue weighted by Gasteiger charge is 2.54. The van der Waals surface area contributed by atoms with Gasteiger partial charge in [-0.05, 0) is 58.7 Å². The molecule has 3 rings (SSSR count). The highest BCUT2D eigenvalue weighted by atomic mass is 16.6. The quantitative estimate of drug-likeness (QED) is 0.0571. The number of nitrogens with zero attached hydrogens (tertiary/aromatic N) is 2. The van der Waals surface area contributed by atoms with Crippen LogP contribution < -0.4 is 5.32 Å². The SMILES string of the molecule is CC[C@H](OC)[C@@H](C)[C@H]1O[C@@H]1C(NCCN1CCN(C)CC1)C(C)(O)/C=C/C=C(\C)[C@@H]1OC(=O)C[C@H](O)CC[C@@](C)(O)[C@@H](OC(C)=O)/C=C/[C@@H]1C.O=CO. The molecule has 53 heavy (non-hydrogen) atoms. The molecule has 0 spiro atoms. The highest BCUT2D eigenvalue weighted by molar-refractivity contribution is 5.70. The number of carbonyl (C=O) groups excluding carboxylic acids is 2. The third-order valence-electron chi connectivity index (χ3n) is 10.6. The van der Waals surface area contributed by atoms with Gasteiger partial charge in [0.25, 0.3) is 6.47 Å². The van der Waals surface area contributed by atoms with Gasteiger partial charge < -0.3 is 49.6 Å². The zero-order valence-electron chi connectivity index (χ0n) is 33.3. The van der Waals surface area contributed by atoms with Crippen LogP contribution in [0.25, 0.3) is 0 Å². The van der Waals surface area contributed by atoms with Gasteiger partial charge in [0.1, 0.15) is 23.9 Å². The molecule has 3 heterocycles. The predicted molar refractivity (Wildman–Crippen MR) is 201 cm³/mol. The Morgan fingerprint density at radius 1 is 1.21 bits per heavy atom. The number of methoxy groups -OCH3 is 1. The van der Waals surface area contributed by atoms with Crippen LogP contribution >= 0.6 is 0 Å². The summed E-state index contributed by atoms with van der Waals surface area (Å²) in [7, 11) is 3.86. The van der Waals surface area contributed by atoms with Crippen molar-refractivity contribution in [1.82, 2.24) is 15.1 Å². The molecule has 0 radical (unpaired) electrons. The summed E-state index contributed by atoms with van der Waals surface area (Å²) in [5.74, 6) is -1.30. The molecule has 5 N–H and O–H groups in total. The number of rotatable bonds is 14. The Morgan fingerprint density at radius 2 is 1.85 bits per heavy atom. The van der Waals surface area contributed by atoms with Crippen molar-refractivity contribution >= 4 is 18.4 Å². The molecular formula is C39H67N3O11. The van der Waals surface area contributed by atoms with Crippen LogP contribution in [0.3, 0.4) is 0 Å². The predicted octanol–water partition coefficient (Wildman–Crippen LogP) is 2.31. The van der Waals surface area contributed by atoms with Gasteiger partial charge in [0.05, 0.1) is 36.4 Å². The van der Waals surface area contributed by atoms with E-state index < -0.39 is 41.5 Å². The number of epoxide rings is 1. The second kappa shape index (κ2) is 22.0. The summed E-state index contributed by atoms with van der Waals surface area (Å²) in [5, 5.41) is 44.0. The first-order valence-electron chi connectivity index (χ1n) is 18.8. The molecule has 0 aromatic rings. The van der Waals surface area contributed by atoms with Crippen molar-refractivity contribution in [3.05, 3.63) is 36.0 Å². The van der Waals surface area contributed by atoms with Crippen molar-refractivity contribution < 1.29 is 53.8 Å². The van der Waals surface area contributed by atoms with Gasteiger partial charge in [-0.3, -0.25) is 19.3 Å². The summed E-state index contributed by atoms with van der Waals surface area (Å²) in [6.07, 6.45) is 6.73. The van der Waals surface area contributed by atoms with Gasteiger partial charge >= 0.3 is 11.9 Å². The van der Waals surface area contributed by atoms with E-state index in [-0.39, 0.29) is 61.9 Å². The van der Waals surface area contributed by atoms with Crippen molar-refractivity contribution in [2.75, 3.05) is 53.4 Å². The van der Waals surface area contributed by atoms with Crippen molar-refractivity contribution in [3.63, 3.8) is 0 Å². The summed E-state index contributed by atoms with van der Waals surface area (Å²) in [6, 6.07) is -0.379. The van der Waals surface area contributed by atoms with Crippen LogP contribution in [0.1, 0.15) is 74.1 Å². The lowest BCUT2D eigenvalue weighted by atomic mass is 9.87. The Labute approximate surface area is 316 Å². The lowest BCUT2D eigenvalue weighted by Crippen LogP contribution is -2.54. The third-order valence-corrected chi connectivity index (χ3v) is 10.6. The molecule has 14 nitrogen and oxygen atoms in total. The number of piperazine rings is 1. The molecule has 2 fully saturated rings. The minimum Gasteiger partial charge on any atom is -0.483 e. The second-order valence-corrected chi connectivity index (χ2v) is 15.2. The van der Waals surface area contributed by atoms with Gasteiger partial charge in [0.2, 0.25) is 0 Å². The first kappa shape index (κ1) is 46.5. The van der Waals surface area contributed by atoms with Crippen LogP contribution in [0.5, 0.6) is 0 Å². The maximum Gasteiger partial charge on any atom is 0.309 e. The Morgan fingerprint density at radius 3 is 2.43 bits per heavy atom. The normalized spacial score (nSPS) is 32.8. The molecule has 0 saturated carbocycles. The number of nitrogens with one attached hydrogen (secondary N) is 1. The van der Waals surface area contributed by atoms with Gasteiger partial charge in [-0.25, -0.2) is 0 Å². The molecule has 3 aliphatic heterocycles. The molecule has 2 unspecified atom stereocenters. The van der Waals surface area contributed by atoms with E-state index in [1.54, 1.807) is 45.3 Å². The molecule has 304 valence electrons. The molecule has 3 aliphatic rings. The Hall–Kier alpha value is -2.69. The Kier molecular flexibility index (Phi) is 19.3.